The van der Waals surface area contributed by atoms with Crippen molar-refractivity contribution in [2.75, 3.05) is 6.61 Å². The fourth-order valence-electron chi connectivity index (χ4n) is 2.55. The summed E-state index contributed by atoms with van der Waals surface area (Å²) in [5.74, 6) is -0.926. The number of nitrogens with one attached hydrogen (secondary N) is 1. The van der Waals surface area contributed by atoms with Gasteiger partial charge in [0.2, 0.25) is 0 Å². The zero-order chi connectivity index (χ0) is 17.3. The predicted octanol–water partition coefficient (Wildman–Crippen LogP) is 2.24. The second kappa shape index (κ2) is 6.27. The van der Waals surface area contributed by atoms with E-state index in [1.54, 1.807) is 32.0 Å². The van der Waals surface area contributed by atoms with Gasteiger partial charge in [-0.1, -0.05) is 18.2 Å². The van der Waals surface area contributed by atoms with E-state index >= 15 is 0 Å². The van der Waals surface area contributed by atoms with Crippen LogP contribution in [0.15, 0.2) is 35.3 Å². The minimum atomic E-state index is -0.551. The van der Waals surface area contributed by atoms with Crippen molar-refractivity contribution < 1.29 is 13.9 Å². The molecule has 6 nitrogen and oxygen atoms in total. The number of rotatable bonds is 4. The number of carbonyl (C=O) groups excluding carboxylic acids is 1. The van der Waals surface area contributed by atoms with Crippen LogP contribution in [0, 0.1) is 12.7 Å². The fourth-order valence-corrected chi connectivity index (χ4v) is 2.55. The van der Waals surface area contributed by atoms with E-state index < -0.39 is 5.97 Å². The first-order chi connectivity index (χ1) is 11.5. The maximum absolute atomic E-state index is 13.8. The molecule has 1 N–H and O–H groups in total. The molecular formula is C17H16FN3O3. The van der Waals surface area contributed by atoms with Gasteiger partial charge in [-0.2, -0.15) is 0 Å². The van der Waals surface area contributed by atoms with Crippen LogP contribution in [0.2, 0.25) is 0 Å². The summed E-state index contributed by atoms with van der Waals surface area (Å²) in [6.07, 6.45) is 1.51. The number of carbonyl (C=O) groups is 1. The highest BCUT2D eigenvalue weighted by Gasteiger charge is 2.19. The summed E-state index contributed by atoms with van der Waals surface area (Å²) < 4.78 is 20.0. The largest absolute Gasteiger partial charge is 0.462 e. The number of nitrogens with zero attached hydrogens (tertiary/aromatic N) is 2. The summed E-state index contributed by atoms with van der Waals surface area (Å²) in [5.41, 5.74) is 1.26. The highest BCUT2D eigenvalue weighted by atomic mass is 19.1. The van der Waals surface area contributed by atoms with Crippen molar-refractivity contribution >= 4 is 11.6 Å². The molecule has 3 aromatic rings. The Balaban J connectivity index is 2.10. The van der Waals surface area contributed by atoms with Gasteiger partial charge in [0.05, 0.1) is 6.61 Å². The molecule has 0 aliphatic heterocycles. The number of aryl methyl sites for hydroxylation is 1. The Hall–Kier alpha value is -2.96. The zero-order valence-electron chi connectivity index (χ0n) is 13.3. The van der Waals surface area contributed by atoms with Crippen LogP contribution in [-0.4, -0.2) is 27.2 Å². The Labute approximate surface area is 136 Å². The molecule has 7 heteroatoms. The van der Waals surface area contributed by atoms with Gasteiger partial charge in [0.25, 0.3) is 5.56 Å². The number of aromatic amines is 1. The van der Waals surface area contributed by atoms with Crippen LogP contribution < -0.4 is 5.56 Å². The number of hydrogen-bond donors (Lipinski definition) is 1. The van der Waals surface area contributed by atoms with E-state index in [0.717, 1.165) is 0 Å². The summed E-state index contributed by atoms with van der Waals surface area (Å²) in [5, 5.41) is 2.71. The van der Waals surface area contributed by atoms with Crippen molar-refractivity contribution in [1.29, 1.82) is 0 Å². The second-order valence-electron chi connectivity index (χ2n) is 5.32. The molecular weight excluding hydrogens is 313 g/mol. The number of fused-ring (bicyclic) bond motifs is 1. The maximum Gasteiger partial charge on any atom is 0.343 e. The first-order valence-corrected chi connectivity index (χ1v) is 7.53. The van der Waals surface area contributed by atoms with Crippen molar-refractivity contribution in [3.63, 3.8) is 0 Å². The van der Waals surface area contributed by atoms with Crippen molar-refractivity contribution in [3.8, 4) is 0 Å². The van der Waals surface area contributed by atoms with Gasteiger partial charge in [0, 0.05) is 23.9 Å². The Morgan fingerprint density at radius 2 is 2.12 bits per heavy atom. The van der Waals surface area contributed by atoms with Crippen LogP contribution in [0.4, 0.5) is 4.39 Å². The van der Waals surface area contributed by atoms with Gasteiger partial charge in [-0.25, -0.2) is 18.7 Å². The third-order valence-electron chi connectivity index (χ3n) is 3.78. The summed E-state index contributed by atoms with van der Waals surface area (Å²) in [4.78, 5) is 28.9. The molecule has 124 valence electrons. The van der Waals surface area contributed by atoms with Gasteiger partial charge in [0.15, 0.2) is 5.65 Å². The Morgan fingerprint density at radius 1 is 1.38 bits per heavy atom. The van der Waals surface area contributed by atoms with Crippen molar-refractivity contribution in [2.24, 2.45) is 0 Å². The average Bonchev–Trinajstić information content (AvgIpc) is 2.97. The van der Waals surface area contributed by atoms with E-state index in [4.69, 9.17) is 4.74 Å². The van der Waals surface area contributed by atoms with Gasteiger partial charge in [-0.3, -0.25) is 9.89 Å². The Bertz CT molecular complexity index is 975. The molecule has 0 bridgehead atoms. The van der Waals surface area contributed by atoms with E-state index in [-0.39, 0.29) is 35.6 Å². The molecule has 1 aromatic carbocycles. The van der Waals surface area contributed by atoms with Gasteiger partial charge in [-0.05, 0) is 25.5 Å². The van der Waals surface area contributed by atoms with E-state index in [1.807, 2.05) is 0 Å². The van der Waals surface area contributed by atoms with Crippen molar-refractivity contribution in [2.45, 2.75) is 20.3 Å². The highest BCUT2D eigenvalue weighted by molar-refractivity contribution is 5.95. The molecule has 0 saturated heterocycles. The van der Waals surface area contributed by atoms with Crippen LogP contribution in [0.25, 0.3) is 5.65 Å². The molecule has 0 amide bonds. The highest BCUT2D eigenvalue weighted by Crippen LogP contribution is 2.15. The predicted molar refractivity (Wildman–Crippen MR) is 85.7 cm³/mol. The average molecular weight is 329 g/mol. The Kier molecular flexibility index (Phi) is 4.16. The molecule has 0 aliphatic carbocycles. The first kappa shape index (κ1) is 15.9. The van der Waals surface area contributed by atoms with E-state index in [1.165, 1.54) is 16.8 Å². The minimum absolute atomic E-state index is 0.126. The van der Waals surface area contributed by atoms with Crippen molar-refractivity contribution in [3.05, 3.63) is 69.0 Å². The smallest absolute Gasteiger partial charge is 0.343 e. The molecule has 0 aliphatic rings. The standard InChI is InChI=1S/C17H16FN3O3/c1-3-24-17(23)13-9-19-21-15(13)20-10(2)12(16(21)22)8-11-6-4-5-7-14(11)18/h4-7,9,19H,3,8H2,1-2H3. The molecule has 0 atom stereocenters. The number of H-pyrrole nitrogens is 1. The molecule has 24 heavy (non-hydrogen) atoms. The molecule has 0 fully saturated rings. The van der Waals surface area contributed by atoms with Crippen LogP contribution >= 0.6 is 0 Å². The molecule has 0 unspecified atom stereocenters. The second-order valence-corrected chi connectivity index (χ2v) is 5.32. The van der Waals surface area contributed by atoms with E-state index in [9.17, 15) is 14.0 Å². The summed E-state index contributed by atoms with van der Waals surface area (Å²) in [6.45, 7) is 3.59. The molecule has 2 aromatic heterocycles. The van der Waals surface area contributed by atoms with Crippen LogP contribution in [-0.2, 0) is 11.2 Å². The van der Waals surface area contributed by atoms with Gasteiger partial charge in [0.1, 0.15) is 11.4 Å². The lowest BCUT2D eigenvalue weighted by Crippen LogP contribution is -2.22. The molecule has 3 rings (SSSR count). The Morgan fingerprint density at radius 3 is 2.83 bits per heavy atom. The number of hydrogen-bond acceptors (Lipinski definition) is 4. The van der Waals surface area contributed by atoms with E-state index in [2.05, 4.69) is 10.1 Å². The molecule has 0 saturated carbocycles. The monoisotopic (exact) mass is 329 g/mol. The number of ether oxygens (including phenoxy) is 1. The summed E-state index contributed by atoms with van der Waals surface area (Å²) in [6, 6.07) is 6.28. The quantitative estimate of drug-likeness (QED) is 0.745. The summed E-state index contributed by atoms with van der Waals surface area (Å²) in [7, 11) is 0. The normalized spacial score (nSPS) is 11.0. The number of benzene rings is 1. The van der Waals surface area contributed by atoms with Crippen molar-refractivity contribution in [1.82, 2.24) is 14.6 Å². The van der Waals surface area contributed by atoms with Crippen LogP contribution in [0.5, 0.6) is 0 Å². The lowest BCUT2D eigenvalue weighted by atomic mass is 10.0. The van der Waals surface area contributed by atoms with Gasteiger partial charge < -0.3 is 4.74 Å². The lowest BCUT2D eigenvalue weighted by molar-refractivity contribution is 0.0528. The number of aromatic nitrogens is 3. The SMILES string of the molecule is CCOC(=O)c1c[nH]n2c(=O)c(Cc3ccccc3F)c(C)nc12. The van der Waals surface area contributed by atoms with Crippen LogP contribution in [0.3, 0.4) is 0 Å². The number of esters is 1. The third-order valence-corrected chi connectivity index (χ3v) is 3.78. The van der Waals surface area contributed by atoms with Gasteiger partial charge >= 0.3 is 5.97 Å². The molecule has 0 radical (unpaired) electrons. The minimum Gasteiger partial charge on any atom is -0.462 e. The molecule has 2 heterocycles. The zero-order valence-corrected chi connectivity index (χ0v) is 13.3. The van der Waals surface area contributed by atoms with E-state index in [0.29, 0.717) is 16.8 Å². The molecule has 0 spiro atoms. The fraction of sp³-hybridized carbons (Fsp3) is 0.235. The third kappa shape index (κ3) is 2.68. The lowest BCUT2D eigenvalue weighted by Gasteiger charge is -2.07. The topological polar surface area (TPSA) is 76.5 Å². The number of halogens is 1. The van der Waals surface area contributed by atoms with Crippen LogP contribution in [0.1, 0.15) is 34.1 Å². The first-order valence-electron chi connectivity index (χ1n) is 7.53. The summed E-state index contributed by atoms with van der Waals surface area (Å²) >= 11 is 0. The maximum atomic E-state index is 13.8. The van der Waals surface area contributed by atoms with Gasteiger partial charge in [-0.15, -0.1) is 0 Å².